The Hall–Kier alpha value is -2.22. The number of primary sulfonamides is 1. The van der Waals surface area contributed by atoms with Gasteiger partial charge in [0.1, 0.15) is 0 Å². The number of aliphatic hydroxyl groups is 1. The summed E-state index contributed by atoms with van der Waals surface area (Å²) < 4.78 is 22.6. The van der Waals surface area contributed by atoms with Crippen molar-refractivity contribution in [3.63, 3.8) is 0 Å². The summed E-state index contributed by atoms with van der Waals surface area (Å²) in [6, 6.07) is 15.0. The summed E-state index contributed by atoms with van der Waals surface area (Å²) in [6.45, 7) is 0.863. The third-order valence-corrected chi connectivity index (χ3v) is 5.55. The number of amides is 1. The average Bonchev–Trinajstić information content (AvgIpc) is 2.62. The zero-order chi connectivity index (χ0) is 18.1. The minimum absolute atomic E-state index is 0.0267. The van der Waals surface area contributed by atoms with Gasteiger partial charge in [0, 0.05) is 18.7 Å². The first-order valence-electron chi connectivity index (χ1n) is 8.00. The Bertz CT molecular complexity index is 856. The first-order chi connectivity index (χ1) is 11.8. The van der Waals surface area contributed by atoms with E-state index >= 15 is 0 Å². The summed E-state index contributed by atoms with van der Waals surface area (Å²) in [6.07, 6.45) is 0.913. The SMILES string of the molecule is NS(=O)(=O)c1ccc(C(=O)N2CCC(O)(c3ccccc3)CC2)cc1. The van der Waals surface area contributed by atoms with E-state index in [1.54, 1.807) is 4.90 Å². The second-order valence-electron chi connectivity index (χ2n) is 6.26. The van der Waals surface area contributed by atoms with Crippen LogP contribution in [0.1, 0.15) is 28.8 Å². The van der Waals surface area contributed by atoms with Crippen molar-refractivity contribution in [3.05, 3.63) is 65.7 Å². The van der Waals surface area contributed by atoms with Crippen LogP contribution in [0, 0.1) is 0 Å². The van der Waals surface area contributed by atoms with Crippen molar-refractivity contribution in [2.24, 2.45) is 5.14 Å². The van der Waals surface area contributed by atoms with E-state index in [2.05, 4.69) is 0 Å². The molecular formula is C18H20N2O4S. The zero-order valence-electron chi connectivity index (χ0n) is 13.6. The maximum Gasteiger partial charge on any atom is 0.253 e. The van der Waals surface area contributed by atoms with Gasteiger partial charge in [-0.3, -0.25) is 4.79 Å². The lowest BCUT2D eigenvalue weighted by Gasteiger charge is -2.38. The average molecular weight is 360 g/mol. The predicted octanol–water partition coefficient (Wildman–Crippen LogP) is 1.46. The summed E-state index contributed by atoms with van der Waals surface area (Å²) in [5.41, 5.74) is 0.340. The van der Waals surface area contributed by atoms with E-state index in [-0.39, 0.29) is 10.8 Å². The number of piperidine rings is 1. The van der Waals surface area contributed by atoms with Crippen LogP contribution in [0.4, 0.5) is 0 Å². The molecule has 0 saturated carbocycles. The second kappa shape index (κ2) is 6.59. The van der Waals surface area contributed by atoms with Crippen molar-refractivity contribution in [1.82, 2.24) is 4.90 Å². The maximum atomic E-state index is 12.6. The molecule has 0 spiro atoms. The van der Waals surface area contributed by atoms with Crippen molar-refractivity contribution in [2.45, 2.75) is 23.3 Å². The Morgan fingerprint density at radius 1 is 1.00 bits per heavy atom. The quantitative estimate of drug-likeness (QED) is 0.865. The van der Waals surface area contributed by atoms with Crippen LogP contribution in [0.5, 0.6) is 0 Å². The number of hydrogen-bond donors (Lipinski definition) is 2. The summed E-state index contributed by atoms with van der Waals surface area (Å²) in [7, 11) is -3.77. The molecule has 1 fully saturated rings. The van der Waals surface area contributed by atoms with Crippen LogP contribution in [-0.2, 0) is 15.6 Å². The first kappa shape index (κ1) is 17.6. The molecule has 1 amide bonds. The number of benzene rings is 2. The van der Waals surface area contributed by atoms with Crippen LogP contribution in [-0.4, -0.2) is 37.4 Å². The van der Waals surface area contributed by atoms with E-state index in [1.807, 2.05) is 30.3 Å². The molecule has 0 aromatic heterocycles. The number of likely N-dealkylation sites (tertiary alicyclic amines) is 1. The van der Waals surface area contributed by atoms with Gasteiger partial charge in [-0.1, -0.05) is 30.3 Å². The lowest BCUT2D eigenvalue weighted by Crippen LogP contribution is -2.45. The largest absolute Gasteiger partial charge is 0.385 e. The van der Waals surface area contributed by atoms with Crippen molar-refractivity contribution in [2.75, 3.05) is 13.1 Å². The molecule has 0 unspecified atom stereocenters. The fourth-order valence-electron chi connectivity index (χ4n) is 3.09. The summed E-state index contributed by atoms with van der Waals surface area (Å²) in [5.74, 6) is -0.184. The number of carbonyl (C=O) groups excluding carboxylic acids is 1. The summed E-state index contributed by atoms with van der Waals surface area (Å²) in [4.78, 5) is 14.2. The zero-order valence-corrected chi connectivity index (χ0v) is 14.4. The third-order valence-electron chi connectivity index (χ3n) is 4.62. The van der Waals surface area contributed by atoms with Crippen molar-refractivity contribution < 1.29 is 18.3 Å². The fourth-order valence-corrected chi connectivity index (χ4v) is 3.60. The molecule has 3 rings (SSSR count). The molecular weight excluding hydrogens is 340 g/mol. The van der Waals surface area contributed by atoms with Crippen LogP contribution in [0.25, 0.3) is 0 Å². The number of nitrogens with zero attached hydrogens (tertiary/aromatic N) is 1. The molecule has 0 bridgehead atoms. The van der Waals surface area contributed by atoms with Crippen molar-refractivity contribution in [3.8, 4) is 0 Å². The Morgan fingerprint density at radius 2 is 1.56 bits per heavy atom. The molecule has 3 N–H and O–H groups in total. The monoisotopic (exact) mass is 360 g/mol. The highest BCUT2D eigenvalue weighted by atomic mass is 32.2. The Balaban J connectivity index is 1.69. The molecule has 0 radical (unpaired) electrons. The summed E-state index contributed by atoms with van der Waals surface area (Å²) >= 11 is 0. The van der Waals surface area contributed by atoms with E-state index in [1.165, 1.54) is 24.3 Å². The van der Waals surface area contributed by atoms with Gasteiger partial charge in [0.2, 0.25) is 10.0 Å². The maximum absolute atomic E-state index is 12.6. The predicted molar refractivity (Wildman–Crippen MR) is 93.3 cm³/mol. The van der Waals surface area contributed by atoms with Gasteiger partial charge >= 0.3 is 0 Å². The highest BCUT2D eigenvalue weighted by Gasteiger charge is 2.35. The molecule has 2 aromatic carbocycles. The van der Waals surface area contributed by atoms with Crippen LogP contribution < -0.4 is 5.14 Å². The van der Waals surface area contributed by atoms with Gasteiger partial charge in [0.25, 0.3) is 5.91 Å². The molecule has 7 heteroatoms. The van der Waals surface area contributed by atoms with Gasteiger partial charge in [-0.15, -0.1) is 0 Å². The number of sulfonamides is 1. The molecule has 0 aliphatic carbocycles. The minimum atomic E-state index is -3.77. The van der Waals surface area contributed by atoms with E-state index in [4.69, 9.17) is 5.14 Å². The molecule has 1 aliphatic rings. The van der Waals surface area contributed by atoms with Gasteiger partial charge in [-0.25, -0.2) is 13.6 Å². The Labute approximate surface area is 146 Å². The third kappa shape index (κ3) is 3.73. The van der Waals surface area contributed by atoms with Crippen LogP contribution in [0.3, 0.4) is 0 Å². The van der Waals surface area contributed by atoms with Gasteiger partial charge in [0.15, 0.2) is 0 Å². The standard InChI is InChI=1S/C18H20N2O4S/c19-25(23,24)16-8-6-14(7-9-16)17(21)20-12-10-18(22,11-13-20)15-4-2-1-3-5-15/h1-9,22H,10-13H2,(H2,19,23,24). The lowest BCUT2D eigenvalue weighted by molar-refractivity contribution is -0.0211. The normalized spacial score (nSPS) is 17.3. The topological polar surface area (TPSA) is 101 Å². The number of carbonyl (C=O) groups is 1. The highest BCUT2D eigenvalue weighted by Crippen LogP contribution is 2.33. The fraction of sp³-hybridized carbons (Fsp3) is 0.278. The van der Waals surface area contributed by atoms with Crippen LogP contribution >= 0.6 is 0 Å². The van der Waals surface area contributed by atoms with Gasteiger partial charge in [-0.2, -0.15) is 0 Å². The number of nitrogens with two attached hydrogens (primary N) is 1. The van der Waals surface area contributed by atoms with Gasteiger partial charge < -0.3 is 10.0 Å². The lowest BCUT2D eigenvalue weighted by atomic mass is 9.84. The first-order valence-corrected chi connectivity index (χ1v) is 9.54. The Morgan fingerprint density at radius 3 is 2.08 bits per heavy atom. The van der Waals surface area contributed by atoms with E-state index in [0.29, 0.717) is 31.5 Å². The second-order valence-corrected chi connectivity index (χ2v) is 7.82. The molecule has 0 atom stereocenters. The number of hydrogen-bond acceptors (Lipinski definition) is 4. The summed E-state index contributed by atoms with van der Waals surface area (Å²) in [5, 5.41) is 15.9. The molecule has 2 aromatic rings. The highest BCUT2D eigenvalue weighted by molar-refractivity contribution is 7.89. The van der Waals surface area contributed by atoms with Crippen LogP contribution in [0.15, 0.2) is 59.5 Å². The van der Waals surface area contributed by atoms with E-state index < -0.39 is 15.6 Å². The Kier molecular flexibility index (Phi) is 4.64. The molecule has 1 heterocycles. The molecule has 1 saturated heterocycles. The van der Waals surface area contributed by atoms with Crippen molar-refractivity contribution in [1.29, 1.82) is 0 Å². The molecule has 1 aliphatic heterocycles. The molecule has 6 nitrogen and oxygen atoms in total. The molecule has 132 valence electrons. The minimum Gasteiger partial charge on any atom is -0.385 e. The van der Waals surface area contributed by atoms with Gasteiger partial charge in [-0.05, 0) is 42.7 Å². The van der Waals surface area contributed by atoms with E-state index in [9.17, 15) is 18.3 Å². The number of rotatable bonds is 3. The van der Waals surface area contributed by atoms with Gasteiger partial charge in [0.05, 0.1) is 10.5 Å². The van der Waals surface area contributed by atoms with Crippen LogP contribution in [0.2, 0.25) is 0 Å². The molecule has 25 heavy (non-hydrogen) atoms. The van der Waals surface area contributed by atoms with E-state index in [0.717, 1.165) is 5.56 Å². The smallest absolute Gasteiger partial charge is 0.253 e. The van der Waals surface area contributed by atoms with Crippen molar-refractivity contribution >= 4 is 15.9 Å².